The molecule has 0 spiro atoms. The normalized spacial score (nSPS) is 15.8. The van der Waals surface area contributed by atoms with Crippen LogP contribution in [-0.4, -0.2) is 16.4 Å². The number of aliphatic hydroxyl groups is 1. The van der Waals surface area contributed by atoms with Gasteiger partial charge in [0.25, 0.3) is 0 Å². The number of aryl methyl sites for hydroxylation is 2. The number of halogens is 1. The number of rotatable bonds is 3. The van der Waals surface area contributed by atoms with Crippen LogP contribution in [0, 0.1) is 13.8 Å². The number of thiazole rings is 1. The zero-order valence-corrected chi connectivity index (χ0v) is 15.9. The van der Waals surface area contributed by atoms with Crippen molar-refractivity contribution in [2.75, 3.05) is 5.32 Å². The van der Waals surface area contributed by atoms with Gasteiger partial charge in [-0.15, -0.1) is 11.3 Å². The molecule has 6 heteroatoms. The first kappa shape index (κ1) is 17.1. The summed E-state index contributed by atoms with van der Waals surface area (Å²) in [5.41, 5.74) is 4.83. The van der Waals surface area contributed by atoms with E-state index in [0.717, 1.165) is 17.1 Å². The summed E-state index contributed by atoms with van der Waals surface area (Å²) >= 11 is 7.58. The molecule has 4 rings (SSSR count). The van der Waals surface area contributed by atoms with Crippen molar-refractivity contribution in [1.82, 2.24) is 4.98 Å². The first-order chi connectivity index (χ1) is 12.5. The lowest BCUT2D eigenvalue weighted by Crippen LogP contribution is -2.21. The second-order valence-electron chi connectivity index (χ2n) is 6.27. The molecule has 4 nitrogen and oxygen atoms in total. The molecule has 132 valence electrons. The van der Waals surface area contributed by atoms with Crippen molar-refractivity contribution in [1.29, 1.82) is 0 Å². The third-order valence-electron chi connectivity index (χ3n) is 4.05. The zero-order valence-electron chi connectivity index (χ0n) is 14.3. The molecule has 0 bridgehead atoms. The predicted molar refractivity (Wildman–Crippen MR) is 107 cm³/mol. The van der Waals surface area contributed by atoms with Crippen LogP contribution in [0.2, 0.25) is 5.02 Å². The molecular weight excluding hydrogens is 368 g/mol. The smallest absolute Gasteiger partial charge is 0.227 e. The number of nitrogens with one attached hydrogen (secondary N) is 1. The molecule has 0 saturated heterocycles. The van der Waals surface area contributed by atoms with E-state index in [2.05, 4.69) is 42.3 Å². The third kappa shape index (κ3) is 3.33. The number of hydrogen-bond acceptors (Lipinski definition) is 5. The maximum Gasteiger partial charge on any atom is 0.227 e. The number of benzene rings is 2. The van der Waals surface area contributed by atoms with E-state index in [1.165, 1.54) is 22.5 Å². The van der Waals surface area contributed by atoms with Crippen molar-refractivity contribution >= 4 is 46.1 Å². The Hall–Kier alpha value is -2.34. The summed E-state index contributed by atoms with van der Waals surface area (Å²) in [7, 11) is 0. The standard InChI is InChI=1S/C20H17ClN2O2S/c1-11-6-12(2)8-14(7-11)22-17-10-26-19(23-17)15-9-13-4-3-5-16(21)18(13)25-20(15)24/h3-10,20,22,24H,1-2H3. The number of fused-ring (bicyclic) bond motifs is 1. The van der Waals surface area contributed by atoms with Crippen molar-refractivity contribution in [2.24, 2.45) is 0 Å². The van der Waals surface area contributed by atoms with E-state index >= 15 is 0 Å². The molecule has 2 heterocycles. The summed E-state index contributed by atoms with van der Waals surface area (Å²) in [6.07, 6.45) is 0.775. The van der Waals surface area contributed by atoms with Crippen LogP contribution in [0.25, 0.3) is 11.6 Å². The molecule has 0 saturated carbocycles. The lowest BCUT2D eigenvalue weighted by molar-refractivity contribution is 0.0320. The second kappa shape index (κ2) is 6.76. The number of nitrogens with zero attached hydrogens (tertiary/aromatic N) is 1. The second-order valence-corrected chi connectivity index (χ2v) is 7.53. The number of ether oxygens (including phenoxy) is 1. The van der Waals surface area contributed by atoms with Crippen molar-refractivity contribution in [3.05, 3.63) is 68.5 Å². The van der Waals surface area contributed by atoms with Crippen LogP contribution in [-0.2, 0) is 0 Å². The van der Waals surface area contributed by atoms with Gasteiger partial charge in [0, 0.05) is 16.6 Å². The maximum atomic E-state index is 10.4. The van der Waals surface area contributed by atoms with Gasteiger partial charge in [-0.25, -0.2) is 4.98 Å². The number of aromatic nitrogens is 1. The van der Waals surface area contributed by atoms with Crippen LogP contribution in [0.3, 0.4) is 0 Å². The summed E-state index contributed by atoms with van der Waals surface area (Å²) < 4.78 is 5.59. The number of anilines is 2. The quantitative estimate of drug-likeness (QED) is 0.634. The van der Waals surface area contributed by atoms with Gasteiger partial charge in [-0.05, 0) is 49.2 Å². The van der Waals surface area contributed by atoms with Gasteiger partial charge in [0.1, 0.15) is 16.6 Å². The van der Waals surface area contributed by atoms with Crippen LogP contribution < -0.4 is 10.1 Å². The average molecular weight is 385 g/mol. The van der Waals surface area contributed by atoms with Crippen LogP contribution in [0.5, 0.6) is 5.75 Å². The fraction of sp³-hybridized carbons (Fsp3) is 0.150. The van der Waals surface area contributed by atoms with Crippen LogP contribution in [0.15, 0.2) is 41.8 Å². The van der Waals surface area contributed by atoms with Crippen molar-refractivity contribution in [2.45, 2.75) is 20.1 Å². The minimum Gasteiger partial charge on any atom is -0.458 e. The Morgan fingerprint density at radius 2 is 1.96 bits per heavy atom. The summed E-state index contributed by atoms with van der Waals surface area (Å²) in [5.74, 6) is 1.23. The maximum absolute atomic E-state index is 10.4. The summed E-state index contributed by atoms with van der Waals surface area (Å²) in [6, 6.07) is 11.8. The van der Waals surface area contributed by atoms with E-state index < -0.39 is 6.29 Å². The van der Waals surface area contributed by atoms with Crippen LogP contribution >= 0.6 is 22.9 Å². The molecule has 0 amide bonds. The fourth-order valence-corrected chi connectivity index (χ4v) is 4.01. The summed E-state index contributed by atoms with van der Waals surface area (Å²) in [5, 5.41) is 16.8. The number of aliphatic hydroxyl groups excluding tert-OH is 1. The molecule has 2 N–H and O–H groups in total. The molecule has 1 aliphatic rings. The Bertz CT molecular complexity index is 993. The van der Waals surface area contributed by atoms with Gasteiger partial charge in [-0.2, -0.15) is 0 Å². The van der Waals surface area contributed by atoms with Crippen molar-refractivity contribution in [3.8, 4) is 5.75 Å². The zero-order chi connectivity index (χ0) is 18.3. The van der Waals surface area contributed by atoms with Gasteiger partial charge < -0.3 is 15.2 Å². The molecule has 1 unspecified atom stereocenters. The van der Waals surface area contributed by atoms with Crippen molar-refractivity contribution in [3.63, 3.8) is 0 Å². The van der Waals surface area contributed by atoms with Gasteiger partial charge in [0.2, 0.25) is 6.29 Å². The van der Waals surface area contributed by atoms with E-state index in [1.54, 1.807) is 6.07 Å². The highest BCUT2D eigenvalue weighted by atomic mass is 35.5. The molecule has 1 aromatic heterocycles. The predicted octanol–water partition coefficient (Wildman–Crippen LogP) is 5.41. The van der Waals surface area contributed by atoms with E-state index in [-0.39, 0.29) is 0 Å². The van der Waals surface area contributed by atoms with E-state index in [4.69, 9.17) is 16.3 Å². The Kier molecular flexibility index (Phi) is 4.44. The molecular formula is C20H17ClN2O2S. The van der Waals surface area contributed by atoms with E-state index in [9.17, 15) is 5.11 Å². The highest BCUT2D eigenvalue weighted by Gasteiger charge is 2.25. The highest BCUT2D eigenvalue weighted by Crippen LogP contribution is 2.39. The van der Waals surface area contributed by atoms with E-state index in [0.29, 0.717) is 21.4 Å². The van der Waals surface area contributed by atoms with Gasteiger partial charge in [0.15, 0.2) is 0 Å². The fourth-order valence-electron chi connectivity index (χ4n) is 3.00. The molecule has 2 aromatic carbocycles. The number of para-hydroxylation sites is 1. The Morgan fingerprint density at radius 3 is 2.73 bits per heavy atom. The molecule has 0 aliphatic carbocycles. The molecule has 26 heavy (non-hydrogen) atoms. The highest BCUT2D eigenvalue weighted by molar-refractivity contribution is 7.11. The Labute approximate surface area is 160 Å². The van der Waals surface area contributed by atoms with Crippen LogP contribution in [0.1, 0.15) is 21.7 Å². The minimum atomic E-state index is -1.09. The SMILES string of the molecule is Cc1cc(C)cc(Nc2csc(C3=Cc4cccc(Cl)c4OC3O)n2)c1. The first-order valence-electron chi connectivity index (χ1n) is 8.15. The molecule has 1 atom stereocenters. The largest absolute Gasteiger partial charge is 0.458 e. The van der Waals surface area contributed by atoms with Crippen molar-refractivity contribution < 1.29 is 9.84 Å². The third-order valence-corrected chi connectivity index (χ3v) is 5.24. The van der Waals surface area contributed by atoms with Gasteiger partial charge in [-0.3, -0.25) is 0 Å². The Balaban J connectivity index is 1.63. The topological polar surface area (TPSA) is 54.4 Å². The van der Waals surface area contributed by atoms with Crippen LogP contribution in [0.4, 0.5) is 11.5 Å². The molecule has 3 aromatic rings. The average Bonchev–Trinajstić information content (AvgIpc) is 3.02. The number of hydrogen-bond donors (Lipinski definition) is 2. The minimum absolute atomic E-state index is 0.480. The van der Waals surface area contributed by atoms with Gasteiger partial charge in [0.05, 0.1) is 10.6 Å². The molecule has 0 radical (unpaired) electrons. The monoisotopic (exact) mass is 384 g/mol. The summed E-state index contributed by atoms with van der Waals surface area (Å²) in [6.45, 7) is 4.13. The van der Waals surface area contributed by atoms with E-state index in [1.807, 2.05) is 23.6 Å². The summed E-state index contributed by atoms with van der Waals surface area (Å²) in [4.78, 5) is 4.60. The first-order valence-corrected chi connectivity index (χ1v) is 9.41. The lowest BCUT2D eigenvalue weighted by Gasteiger charge is -2.22. The van der Waals surface area contributed by atoms with Gasteiger partial charge >= 0.3 is 0 Å². The lowest BCUT2D eigenvalue weighted by atomic mass is 10.1. The molecule has 1 aliphatic heterocycles. The molecule has 0 fully saturated rings. The van der Waals surface area contributed by atoms with Gasteiger partial charge in [-0.1, -0.05) is 29.8 Å². The Morgan fingerprint density at radius 1 is 1.19 bits per heavy atom.